The van der Waals surface area contributed by atoms with Crippen LogP contribution in [-0.4, -0.2) is 31.6 Å². The van der Waals surface area contributed by atoms with Gasteiger partial charge < -0.3 is 10.5 Å². The van der Waals surface area contributed by atoms with Gasteiger partial charge in [-0.05, 0) is 25.5 Å². The van der Waals surface area contributed by atoms with Crippen LogP contribution in [0.2, 0.25) is 0 Å². The fourth-order valence-electron chi connectivity index (χ4n) is 1.43. The van der Waals surface area contributed by atoms with Crippen molar-refractivity contribution < 1.29 is 4.74 Å². The fourth-order valence-corrected chi connectivity index (χ4v) is 1.55. The molecule has 1 fully saturated rings. The van der Waals surface area contributed by atoms with Crippen molar-refractivity contribution >= 4 is 24.0 Å². The van der Waals surface area contributed by atoms with E-state index >= 15 is 0 Å². The van der Waals surface area contributed by atoms with Crippen molar-refractivity contribution in [2.75, 3.05) is 19.2 Å². The summed E-state index contributed by atoms with van der Waals surface area (Å²) >= 11 is 5.56. The highest BCUT2D eigenvalue weighted by Crippen LogP contribution is 2.13. The highest BCUT2D eigenvalue weighted by Gasteiger charge is 2.10. The molecule has 1 aliphatic heterocycles. The van der Waals surface area contributed by atoms with Crippen LogP contribution in [0.1, 0.15) is 12.8 Å². The highest BCUT2D eigenvalue weighted by atomic mass is 35.5. The Kier molecular flexibility index (Phi) is 6.38. The third-order valence-corrected chi connectivity index (χ3v) is 2.46. The Morgan fingerprint density at radius 2 is 2.24 bits per heavy atom. The van der Waals surface area contributed by atoms with Crippen LogP contribution in [0.3, 0.4) is 0 Å². The summed E-state index contributed by atoms with van der Waals surface area (Å²) in [4.78, 5) is 7.61. The van der Waals surface area contributed by atoms with Crippen molar-refractivity contribution in [1.82, 2.24) is 0 Å². The van der Waals surface area contributed by atoms with Gasteiger partial charge in [-0.25, -0.2) is 0 Å². The van der Waals surface area contributed by atoms with E-state index in [1.807, 2.05) is 0 Å². The topological polar surface area (TPSA) is 60.0 Å². The van der Waals surface area contributed by atoms with Crippen LogP contribution in [0.25, 0.3) is 0 Å². The minimum atomic E-state index is 0.128. The molecule has 0 unspecified atom stereocenters. The summed E-state index contributed by atoms with van der Waals surface area (Å²) in [6.07, 6.45) is 3.32. The molecule has 17 heavy (non-hydrogen) atoms. The molecular weight excluding hydrogens is 238 g/mol. The summed E-state index contributed by atoms with van der Waals surface area (Å²) < 4.78 is 5.26. The molecule has 1 aliphatic rings. The van der Waals surface area contributed by atoms with Gasteiger partial charge >= 0.3 is 0 Å². The molecule has 2 N–H and O–H groups in total. The van der Waals surface area contributed by atoms with Gasteiger partial charge in [0.2, 0.25) is 0 Å². The van der Waals surface area contributed by atoms with Crippen molar-refractivity contribution in [3.8, 4) is 11.8 Å². The molecule has 0 aromatic rings. The molecule has 0 spiro atoms. The summed E-state index contributed by atoms with van der Waals surface area (Å²) in [5.74, 6) is 6.44. The van der Waals surface area contributed by atoms with E-state index < -0.39 is 0 Å². The van der Waals surface area contributed by atoms with Gasteiger partial charge in [0.1, 0.15) is 11.7 Å². The maximum atomic E-state index is 5.74. The molecule has 0 aromatic carbocycles. The average Bonchev–Trinajstić information content (AvgIpc) is 2.36. The van der Waals surface area contributed by atoms with E-state index in [2.05, 4.69) is 28.5 Å². The zero-order valence-corrected chi connectivity index (χ0v) is 10.4. The molecular formula is C12H16ClN3O. The van der Waals surface area contributed by atoms with Crippen molar-refractivity contribution in [2.45, 2.75) is 12.8 Å². The lowest BCUT2D eigenvalue weighted by atomic mass is 10.0. The molecule has 92 valence electrons. The zero-order valence-electron chi connectivity index (χ0n) is 9.66. The first-order valence-corrected chi connectivity index (χ1v) is 5.93. The molecule has 5 heteroatoms. The van der Waals surface area contributed by atoms with E-state index in [4.69, 9.17) is 22.1 Å². The number of halogens is 1. The Balaban J connectivity index is 2.72. The zero-order chi connectivity index (χ0) is 12.5. The largest absolute Gasteiger partial charge is 0.395 e. The Labute approximate surface area is 107 Å². The smallest absolute Gasteiger partial charge is 0.133 e. The number of hydrogen-bond donors (Lipinski definition) is 1. The quantitative estimate of drug-likeness (QED) is 0.359. The lowest BCUT2D eigenvalue weighted by Crippen LogP contribution is -2.15. The molecule has 0 aromatic heterocycles. The molecule has 0 bridgehead atoms. The molecule has 0 aliphatic carbocycles. The van der Waals surface area contributed by atoms with Gasteiger partial charge in [0.05, 0.1) is 11.9 Å². The Bertz CT molecular complexity index is 373. The Hall–Kier alpha value is -1.31. The number of allylic oxidation sites excluding steroid dienone is 1. The molecule has 1 rings (SSSR count). The third kappa shape index (κ3) is 5.03. The van der Waals surface area contributed by atoms with Crippen LogP contribution < -0.4 is 5.73 Å². The standard InChI is InChI=1S/C12H16ClN3O/c1-15-8-11(14)12(16-9-13)3-2-10-4-6-17-7-5-10/h8,10H,1,4-7,9,14H2/b11-8+,16-12?. The first kappa shape index (κ1) is 13.8. The van der Waals surface area contributed by atoms with Gasteiger partial charge in [-0.2, -0.15) is 0 Å². The second-order valence-electron chi connectivity index (χ2n) is 3.55. The summed E-state index contributed by atoms with van der Waals surface area (Å²) in [6, 6.07) is 0.128. The number of nitrogens with zero attached hydrogens (tertiary/aromatic N) is 2. The fraction of sp³-hybridized carbons (Fsp3) is 0.500. The van der Waals surface area contributed by atoms with Crippen LogP contribution >= 0.6 is 11.6 Å². The molecule has 0 radical (unpaired) electrons. The normalized spacial score (nSPS) is 18.4. The third-order valence-electron chi connectivity index (χ3n) is 2.34. The van der Waals surface area contributed by atoms with Gasteiger partial charge in [-0.15, -0.1) is 11.6 Å². The van der Waals surface area contributed by atoms with E-state index in [1.54, 1.807) is 0 Å². The van der Waals surface area contributed by atoms with E-state index in [0.717, 1.165) is 26.1 Å². The van der Waals surface area contributed by atoms with E-state index in [9.17, 15) is 0 Å². The van der Waals surface area contributed by atoms with Crippen LogP contribution in [-0.2, 0) is 4.74 Å². The first-order valence-electron chi connectivity index (χ1n) is 5.39. The maximum Gasteiger partial charge on any atom is 0.133 e. The van der Waals surface area contributed by atoms with E-state index in [0.29, 0.717) is 17.3 Å². The molecule has 1 heterocycles. The first-order chi connectivity index (χ1) is 8.27. The molecule has 0 amide bonds. The summed E-state index contributed by atoms with van der Waals surface area (Å²) in [7, 11) is 0. The number of nitrogens with two attached hydrogens (primary N) is 1. The van der Waals surface area contributed by atoms with Crippen LogP contribution in [0.5, 0.6) is 0 Å². The van der Waals surface area contributed by atoms with Crippen LogP contribution in [0.4, 0.5) is 0 Å². The highest BCUT2D eigenvalue weighted by molar-refractivity contribution is 6.20. The second-order valence-corrected chi connectivity index (χ2v) is 3.79. The maximum absolute atomic E-state index is 5.74. The number of aliphatic imine (C=N–C) groups is 2. The number of alkyl halides is 1. The van der Waals surface area contributed by atoms with Gasteiger partial charge in [0.25, 0.3) is 0 Å². The van der Waals surface area contributed by atoms with Gasteiger partial charge in [-0.1, -0.05) is 5.92 Å². The predicted molar refractivity (Wildman–Crippen MR) is 71.3 cm³/mol. The number of hydrogen-bond acceptors (Lipinski definition) is 4. The van der Waals surface area contributed by atoms with Gasteiger partial charge in [0.15, 0.2) is 0 Å². The monoisotopic (exact) mass is 253 g/mol. The Morgan fingerprint density at radius 3 is 2.82 bits per heavy atom. The van der Waals surface area contributed by atoms with Gasteiger partial charge in [0, 0.05) is 19.1 Å². The Morgan fingerprint density at radius 1 is 1.53 bits per heavy atom. The predicted octanol–water partition coefficient (Wildman–Crippen LogP) is 1.55. The molecule has 1 saturated heterocycles. The van der Waals surface area contributed by atoms with Gasteiger partial charge in [-0.3, -0.25) is 9.98 Å². The summed E-state index contributed by atoms with van der Waals surface area (Å²) in [5.41, 5.74) is 6.60. The van der Waals surface area contributed by atoms with Crippen molar-refractivity contribution in [1.29, 1.82) is 0 Å². The lowest BCUT2D eigenvalue weighted by Gasteiger charge is -2.16. The number of ether oxygens (including phenoxy) is 1. The average molecular weight is 254 g/mol. The molecule has 4 nitrogen and oxygen atoms in total. The van der Waals surface area contributed by atoms with Crippen LogP contribution in [0.15, 0.2) is 21.9 Å². The summed E-state index contributed by atoms with van der Waals surface area (Å²) in [6.45, 7) is 4.86. The SMILES string of the molecule is C=N/C=C(/N)C(C#CC1CCOCC1)=NCCl. The lowest BCUT2D eigenvalue weighted by molar-refractivity contribution is 0.0807. The van der Waals surface area contributed by atoms with Crippen molar-refractivity contribution in [3.05, 3.63) is 11.9 Å². The minimum absolute atomic E-state index is 0.128. The van der Waals surface area contributed by atoms with Crippen molar-refractivity contribution in [3.63, 3.8) is 0 Å². The van der Waals surface area contributed by atoms with E-state index in [-0.39, 0.29) is 6.00 Å². The summed E-state index contributed by atoms with van der Waals surface area (Å²) in [5, 5.41) is 0. The second kappa shape index (κ2) is 7.88. The van der Waals surface area contributed by atoms with E-state index in [1.165, 1.54) is 6.20 Å². The van der Waals surface area contributed by atoms with Crippen molar-refractivity contribution in [2.24, 2.45) is 21.6 Å². The number of rotatable bonds is 3. The molecule has 0 atom stereocenters. The molecule has 0 saturated carbocycles. The van der Waals surface area contributed by atoms with Crippen LogP contribution in [0, 0.1) is 17.8 Å². The minimum Gasteiger partial charge on any atom is -0.395 e.